The van der Waals surface area contributed by atoms with Crippen molar-refractivity contribution in [2.45, 2.75) is 29.9 Å². The molecule has 26 heavy (non-hydrogen) atoms. The van der Waals surface area contributed by atoms with Crippen LogP contribution in [0.25, 0.3) is 6.08 Å². The molecule has 3 rings (SSSR count). The van der Waals surface area contributed by atoms with Crippen molar-refractivity contribution in [1.29, 1.82) is 0 Å². The van der Waals surface area contributed by atoms with Gasteiger partial charge < -0.3 is 4.57 Å². The molecule has 0 amide bonds. The van der Waals surface area contributed by atoms with Crippen LogP contribution in [0, 0.1) is 13.8 Å². The Balaban J connectivity index is 1.55. The van der Waals surface area contributed by atoms with E-state index >= 15 is 0 Å². The molecule has 0 bridgehead atoms. The second-order valence-electron chi connectivity index (χ2n) is 5.80. The molecule has 2 heterocycles. The molecular weight excluding hydrogens is 362 g/mol. The Hall–Kier alpha value is -2.12. The van der Waals surface area contributed by atoms with Gasteiger partial charge >= 0.3 is 0 Å². The average molecular weight is 384 g/mol. The minimum atomic E-state index is 0.701. The summed E-state index contributed by atoms with van der Waals surface area (Å²) in [6, 6.07) is 12.3. The molecule has 134 valence electrons. The molecule has 0 aliphatic carbocycles. The number of aromatic nitrogens is 5. The molecule has 0 saturated heterocycles. The van der Waals surface area contributed by atoms with E-state index in [0.29, 0.717) is 5.75 Å². The highest BCUT2D eigenvalue weighted by molar-refractivity contribution is 7.99. The molecule has 3 aromatic rings. The summed E-state index contributed by atoms with van der Waals surface area (Å²) in [6.07, 6.45) is 4.27. The number of rotatable bonds is 7. The first-order valence-corrected chi connectivity index (χ1v) is 10.3. The van der Waals surface area contributed by atoms with Crippen LogP contribution in [-0.2, 0) is 12.8 Å². The third kappa shape index (κ3) is 5.19. The monoisotopic (exact) mass is 383 g/mol. The Kier molecular flexibility index (Phi) is 6.46. The first-order chi connectivity index (χ1) is 12.6. The molecule has 0 aliphatic heterocycles. The van der Waals surface area contributed by atoms with Crippen LogP contribution in [0.2, 0.25) is 0 Å². The van der Waals surface area contributed by atoms with E-state index in [-0.39, 0.29) is 0 Å². The van der Waals surface area contributed by atoms with Gasteiger partial charge in [-0.25, -0.2) is 9.97 Å². The molecule has 7 heteroatoms. The maximum atomic E-state index is 4.46. The predicted molar refractivity (Wildman–Crippen MR) is 108 cm³/mol. The van der Waals surface area contributed by atoms with Gasteiger partial charge in [0.15, 0.2) is 10.3 Å². The Labute approximate surface area is 162 Å². The van der Waals surface area contributed by atoms with Gasteiger partial charge in [0.25, 0.3) is 0 Å². The summed E-state index contributed by atoms with van der Waals surface area (Å²) in [5.74, 6) is 2.48. The molecule has 0 aliphatic rings. The zero-order valence-electron chi connectivity index (χ0n) is 15.1. The third-order valence-electron chi connectivity index (χ3n) is 3.64. The first-order valence-electron chi connectivity index (χ1n) is 8.29. The van der Waals surface area contributed by atoms with Gasteiger partial charge in [0.05, 0.1) is 5.75 Å². The van der Waals surface area contributed by atoms with Crippen molar-refractivity contribution < 1.29 is 0 Å². The molecule has 5 nitrogen and oxygen atoms in total. The fourth-order valence-electron chi connectivity index (χ4n) is 2.35. The topological polar surface area (TPSA) is 56.5 Å². The molecule has 0 spiro atoms. The van der Waals surface area contributed by atoms with Gasteiger partial charge in [-0.1, -0.05) is 66.0 Å². The second kappa shape index (κ2) is 9.00. The number of nitrogens with zero attached hydrogens (tertiary/aromatic N) is 5. The van der Waals surface area contributed by atoms with Crippen LogP contribution in [0.4, 0.5) is 0 Å². The normalized spacial score (nSPS) is 11.3. The van der Waals surface area contributed by atoms with Gasteiger partial charge in [-0.3, -0.25) is 0 Å². The van der Waals surface area contributed by atoms with Crippen LogP contribution in [0.5, 0.6) is 0 Å². The van der Waals surface area contributed by atoms with Crippen molar-refractivity contribution in [3.63, 3.8) is 0 Å². The zero-order valence-corrected chi connectivity index (χ0v) is 16.7. The maximum Gasteiger partial charge on any atom is 0.191 e. The number of hydrogen-bond acceptors (Lipinski definition) is 6. The maximum absolute atomic E-state index is 4.46. The lowest BCUT2D eigenvalue weighted by molar-refractivity contribution is 0.761. The minimum Gasteiger partial charge on any atom is -0.308 e. The van der Waals surface area contributed by atoms with Crippen molar-refractivity contribution in [3.05, 3.63) is 65.2 Å². The average Bonchev–Trinajstić information content (AvgIpc) is 2.97. The molecule has 0 radical (unpaired) electrons. The summed E-state index contributed by atoms with van der Waals surface area (Å²) < 4.78 is 2.04. The largest absolute Gasteiger partial charge is 0.308 e. The molecule has 0 unspecified atom stereocenters. The zero-order chi connectivity index (χ0) is 18.4. The van der Waals surface area contributed by atoms with Crippen LogP contribution in [0.3, 0.4) is 0 Å². The van der Waals surface area contributed by atoms with Gasteiger partial charge in [-0.15, -0.1) is 10.2 Å². The lowest BCUT2D eigenvalue weighted by atomic mass is 10.2. The lowest BCUT2D eigenvalue weighted by Crippen LogP contribution is -1.99. The van der Waals surface area contributed by atoms with Crippen molar-refractivity contribution >= 4 is 29.6 Å². The minimum absolute atomic E-state index is 0.701. The Bertz CT molecular complexity index is 870. The van der Waals surface area contributed by atoms with E-state index in [9.17, 15) is 0 Å². The summed E-state index contributed by atoms with van der Waals surface area (Å²) in [5, 5.41) is 10.3. The molecule has 0 N–H and O–H groups in total. The van der Waals surface area contributed by atoms with Crippen molar-refractivity contribution in [1.82, 2.24) is 24.7 Å². The molecule has 0 fully saturated rings. The van der Waals surface area contributed by atoms with Crippen LogP contribution in [0.1, 0.15) is 22.8 Å². The van der Waals surface area contributed by atoms with Crippen LogP contribution in [-0.4, -0.2) is 30.5 Å². The lowest BCUT2D eigenvalue weighted by Gasteiger charge is -2.04. The summed E-state index contributed by atoms with van der Waals surface area (Å²) >= 11 is 3.26. The van der Waals surface area contributed by atoms with Gasteiger partial charge in [0, 0.05) is 24.2 Å². The van der Waals surface area contributed by atoms with E-state index in [1.807, 2.05) is 49.7 Å². The second-order valence-corrected chi connectivity index (χ2v) is 7.73. The highest BCUT2D eigenvalue weighted by atomic mass is 32.2. The van der Waals surface area contributed by atoms with E-state index < -0.39 is 0 Å². The highest BCUT2D eigenvalue weighted by Gasteiger charge is 2.10. The summed E-state index contributed by atoms with van der Waals surface area (Å²) in [4.78, 5) is 8.91. The van der Waals surface area contributed by atoms with Gasteiger partial charge in [0.1, 0.15) is 5.82 Å². The van der Waals surface area contributed by atoms with E-state index in [2.05, 4.69) is 44.5 Å². The van der Waals surface area contributed by atoms with E-state index in [0.717, 1.165) is 33.3 Å². The third-order valence-corrected chi connectivity index (χ3v) is 5.45. The SMILES string of the molecule is Cc1cc(C)nc(SCc2nnc(SCC=Cc3ccccc3)n2C)n1. The summed E-state index contributed by atoms with van der Waals surface area (Å²) in [5.41, 5.74) is 3.18. The number of aryl methyl sites for hydroxylation is 2. The van der Waals surface area contributed by atoms with Crippen LogP contribution < -0.4 is 0 Å². The smallest absolute Gasteiger partial charge is 0.191 e. The summed E-state index contributed by atoms with van der Waals surface area (Å²) in [6.45, 7) is 3.97. The van der Waals surface area contributed by atoms with Gasteiger partial charge in [-0.2, -0.15) is 0 Å². The van der Waals surface area contributed by atoms with E-state index in [1.54, 1.807) is 23.5 Å². The fourth-order valence-corrected chi connectivity index (χ4v) is 4.02. The van der Waals surface area contributed by atoms with Crippen LogP contribution >= 0.6 is 23.5 Å². The van der Waals surface area contributed by atoms with Gasteiger partial charge in [-0.05, 0) is 25.5 Å². The molecule has 0 atom stereocenters. The molecular formula is C19H21N5S2. The number of hydrogen-bond donors (Lipinski definition) is 0. The molecule has 2 aromatic heterocycles. The van der Waals surface area contributed by atoms with Crippen molar-refractivity contribution in [2.75, 3.05) is 5.75 Å². The fraction of sp³-hybridized carbons (Fsp3) is 0.263. The molecule has 1 aromatic carbocycles. The summed E-state index contributed by atoms with van der Waals surface area (Å²) in [7, 11) is 2.00. The Morgan fingerprint density at radius 2 is 1.73 bits per heavy atom. The Morgan fingerprint density at radius 1 is 1.00 bits per heavy atom. The quantitative estimate of drug-likeness (QED) is 0.447. The highest BCUT2D eigenvalue weighted by Crippen LogP contribution is 2.22. The van der Waals surface area contributed by atoms with E-state index in [4.69, 9.17) is 0 Å². The van der Waals surface area contributed by atoms with Gasteiger partial charge in [0.2, 0.25) is 0 Å². The Morgan fingerprint density at radius 3 is 2.46 bits per heavy atom. The van der Waals surface area contributed by atoms with Crippen LogP contribution in [0.15, 0.2) is 52.8 Å². The molecule has 0 saturated carbocycles. The van der Waals surface area contributed by atoms with Crippen molar-refractivity contribution in [2.24, 2.45) is 7.05 Å². The number of benzene rings is 1. The number of thioether (sulfide) groups is 2. The standard InChI is InChI=1S/C19H21N5S2/c1-14-12-15(2)21-18(20-14)26-13-17-22-23-19(24(17)3)25-11-7-10-16-8-5-4-6-9-16/h4-10,12H,11,13H2,1-3H3. The first kappa shape index (κ1) is 18.7. The van der Waals surface area contributed by atoms with Crippen molar-refractivity contribution in [3.8, 4) is 0 Å². The van der Waals surface area contributed by atoms with E-state index in [1.165, 1.54) is 5.56 Å². The predicted octanol–water partition coefficient (Wildman–Crippen LogP) is 4.32.